The van der Waals surface area contributed by atoms with Gasteiger partial charge in [0.15, 0.2) is 0 Å². The minimum Gasteiger partial charge on any atom is -0.534 e. The topological polar surface area (TPSA) is 111 Å². The standard InChI is InChI=1S/C17H19BF3NO7/c1-10(23)27-9-28-16(25)12-5-2-4-11-8-13(18(26)29-15(11)12)22-14(24)6-3-7-17(19,20)21/h2,4-5,13,26H,3,6-9H2,1H3,(H,22,24)/t13-/m0/s1. The molecule has 0 aliphatic carbocycles. The minimum absolute atomic E-state index is 0.0105. The summed E-state index contributed by atoms with van der Waals surface area (Å²) in [6.07, 6.45) is -6.04. The first-order valence-electron chi connectivity index (χ1n) is 8.70. The van der Waals surface area contributed by atoms with Gasteiger partial charge in [-0.05, 0) is 24.5 Å². The number of ether oxygens (including phenoxy) is 2. The van der Waals surface area contributed by atoms with Gasteiger partial charge < -0.3 is 24.5 Å². The SMILES string of the molecule is CC(=O)OCOC(=O)c1cccc2c1OB(O)[C@@H](NC(=O)CCCC(F)(F)F)C2. The summed E-state index contributed by atoms with van der Waals surface area (Å²) in [6.45, 7) is 0.562. The maximum Gasteiger partial charge on any atom is 0.547 e. The summed E-state index contributed by atoms with van der Waals surface area (Å²) in [5.74, 6) is -2.97. The van der Waals surface area contributed by atoms with Gasteiger partial charge >= 0.3 is 25.2 Å². The fourth-order valence-electron chi connectivity index (χ4n) is 2.68. The third kappa shape index (κ3) is 6.97. The lowest BCUT2D eigenvalue weighted by molar-refractivity contribution is -0.149. The van der Waals surface area contributed by atoms with E-state index in [1.807, 2.05) is 0 Å². The van der Waals surface area contributed by atoms with Crippen molar-refractivity contribution in [1.29, 1.82) is 0 Å². The molecule has 1 amide bonds. The summed E-state index contributed by atoms with van der Waals surface area (Å²) in [5.41, 5.74) is 0.474. The molecule has 1 aliphatic rings. The summed E-state index contributed by atoms with van der Waals surface area (Å²) in [5, 5.41) is 12.6. The van der Waals surface area contributed by atoms with Gasteiger partial charge in [-0.15, -0.1) is 0 Å². The summed E-state index contributed by atoms with van der Waals surface area (Å²) in [4.78, 5) is 34.7. The smallest absolute Gasteiger partial charge is 0.534 e. The number of halogens is 3. The molecule has 0 aromatic heterocycles. The molecule has 0 saturated carbocycles. The molecule has 158 valence electrons. The Morgan fingerprint density at radius 2 is 2.03 bits per heavy atom. The van der Waals surface area contributed by atoms with Crippen LogP contribution in [0.1, 0.15) is 42.1 Å². The molecule has 0 fully saturated rings. The number of para-hydroxylation sites is 1. The van der Waals surface area contributed by atoms with Crippen LogP contribution in [0.25, 0.3) is 0 Å². The third-order valence-corrected chi connectivity index (χ3v) is 4.00. The van der Waals surface area contributed by atoms with E-state index in [2.05, 4.69) is 10.1 Å². The largest absolute Gasteiger partial charge is 0.547 e. The van der Waals surface area contributed by atoms with Gasteiger partial charge in [-0.2, -0.15) is 13.2 Å². The van der Waals surface area contributed by atoms with E-state index >= 15 is 0 Å². The molecule has 12 heteroatoms. The Balaban J connectivity index is 1.98. The maximum atomic E-state index is 12.2. The Labute approximate surface area is 164 Å². The van der Waals surface area contributed by atoms with E-state index in [4.69, 9.17) is 9.39 Å². The zero-order chi connectivity index (χ0) is 21.6. The minimum atomic E-state index is -4.34. The van der Waals surface area contributed by atoms with Gasteiger partial charge in [0.05, 0.1) is 5.94 Å². The summed E-state index contributed by atoms with van der Waals surface area (Å²) < 4.78 is 51.1. The van der Waals surface area contributed by atoms with Crippen molar-refractivity contribution in [1.82, 2.24) is 5.32 Å². The summed E-state index contributed by atoms with van der Waals surface area (Å²) >= 11 is 0. The average molecular weight is 417 g/mol. The Kier molecular flexibility index (Phi) is 7.49. The second-order valence-electron chi connectivity index (χ2n) is 6.33. The molecule has 2 N–H and O–H groups in total. The number of benzene rings is 1. The average Bonchev–Trinajstić information content (AvgIpc) is 2.60. The zero-order valence-electron chi connectivity index (χ0n) is 15.5. The van der Waals surface area contributed by atoms with Crippen LogP contribution in [-0.4, -0.2) is 48.9 Å². The van der Waals surface area contributed by atoms with Gasteiger partial charge in [0.2, 0.25) is 12.7 Å². The molecule has 0 spiro atoms. The number of fused-ring (bicyclic) bond motifs is 1. The molecule has 0 unspecified atom stereocenters. The van der Waals surface area contributed by atoms with Crippen LogP contribution < -0.4 is 9.97 Å². The number of esters is 2. The summed E-state index contributed by atoms with van der Waals surface area (Å²) in [6, 6.07) is 4.52. The number of carbonyl (C=O) groups is 3. The number of rotatable bonds is 7. The lowest BCUT2D eigenvalue weighted by Gasteiger charge is -2.29. The van der Waals surface area contributed by atoms with Crippen molar-refractivity contribution in [2.45, 2.75) is 44.7 Å². The Morgan fingerprint density at radius 3 is 2.69 bits per heavy atom. The van der Waals surface area contributed by atoms with E-state index in [0.717, 1.165) is 6.92 Å². The maximum absolute atomic E-state index is 12.2. The van der Waals surface area contributed by atoms with Crippen molar-refractivity contribution < 1.29 is 46.7 Å². The number of nitrogens with one attached hydrogen (secondary N) is 1. The van der Waals surface area contributed by atoms with Gasteiger partial charge in [0.1, 0.15) is 11.3 Å². The Bertz CT molecular complexity index is 772. The van der Waals surface area contributed by atoms with Gasteiger partial charge in [-0.25, -0.2) is 4.79 Å². The lowest BCUT2D eigenvalue weighted by Crippen LogP contribution is -2.53. The number of hydrogen-bond donors (Lipinski definition) is 2. The van der Waals surface area contributed by atoms with E-state index in [-0.39, 0.29) is 30.6 Å². The second-order valence-corrected chi connectivity index (χ2v) is 6.33. The highest BCUT2D eigenvalue weighted by atomic mass is 19.4. The van der Waals surface area contributed by atoms with Crippen LogP contribution >= 0.6 is 0 Å². The lowest BCUT2D eigenvalue weighted by atomic mass is 9.72. The van der Waals surface area contributed by atoms with Gasteiger partial charge in [0, 0.05) is 19.8 Å². The second kappa shape index (κ2) is 9.63. The van der Waals surface area contributed by atoms with Crippen LogP contribution in [0.4, 0.5) is 13.2 Å². The van der Waals surface area contributed by atoms with E-state index in [1.54, 1.807) is 6.07 Å². The van der Waals surface area contributed by atoms with Crippen LogP contribution in [-0.2, 0) is 25.5 Å². The molecule has 1 aromatic rings. The van der Waals surface area contributed by atoms with E-state index in [1.165, 1.54) is 12.1 Å². The molecule has 1 aliphatic heterocycles. The highest BCUT2D eigenvalue weighted by Crippen LogP contribution is 2.30. The van der Waals surface area contributed by atoms with Crippen molar-refractivity contribution in [2.75, 3.05) is 6.79 Å². The van der Waals surface area contributed by atoms with Crippen molar-refractivity contribution >= 4 is 25.0 Å². The fourth-order valence-corrected chi connectivity index (χ4v) is 2.68. The van der Waals surface area contributed by atoms with Crippen molar-refractivity contribution in [3.63, 3.8) is 0 Å². The predicted molar refractivity (Wildman–Crippen MR) is 92.6 cm³/mol. The van der Waals surface area contributed by atoms with Crippen LogP contribution in [0.2, 0.25) is 0 Å². The van der Waals surface area contributed by atoms with Crippen LogP contribution in [0.3, 0.4) is 0 Å². The van der Waals surface area contributed by atoms with E-state index in [9.17, 15) is 32.6 Å². The predicted octanol–water partition coefficient (Wildman–Crippen LogP) is 1.54. The zero-order valence-corrected chi connectivity index (χ0v) is 15.5. The molecule has 1 heterocycles. The van der Waals surface area contributed by atoms with Crippen molar-refractivity contribution in [3.8, 4) is 5.75 Å². The van der Waals surface area contributed by atoms with Crippen molar-refractivity contribution in [2.24, 2.45) is 0 Å². The highest BCUT2D eigenvalue weighted by molar-refractivity contribution is 6.47. The normalized spacial score (nSPS) is 15.8. The monoisotopic (exact) mass is 417 g/mol. The highest BCUT2D eigenvalue weighted by Gasteiger charge is 2.38. The Morgan fingerprint density at radius 1 is 1.31 bits per heavy atom. The molecule has 1 atom stereocenters. The molecule has 29 heavy (non-hydrogen) atoms. The molecular weight excluding hydrogens is 398 g/mol. The summed E-state index contributed by atoms with van der Waals surface area (Å²) in [7, 11) is -1.52. The first-order valence-corrected chi connectivity index (χ1v) is 8.70. The fraction of sp³-hybridized carbons (Fsp3) is 0.471. The molecule has 0 bridgehead atoms. The molecule has 1 aromatic carbocycles. The van der Waals surface area contributed by atoms with E-state index < -0.39 is 50.3 Å². The van der Waals surface area contributed by atoms with Gasteiger partial charge in [0.25, 0.3) is 0 Å². The number of alkyl halides is 3. The van der Waals surface area contributed by atoms with Crippen molar-refractivity contribution in [3.05, 3.63) is 29.3 Å². The third-order valence-electron chi connectivity index (χ3n) is 4.00. The first kappa shape index (κ1) is 22.5. The Hall–Kier alpha value is -2.76. The molecule has 0 radical (unpaired) electrons. The molecule has 8 nitrogen and oxygen atoms in total. The van der Waals surface area contributed by atoms with Gasteiger partial charge in [-0.3, -0.25) is 9.59 Å². The van der Waals surface area contributed by atoms with Crippen LogP contribution in [0, 0.1) is 0 Å². The first-order chi connectivity index (χ1) is 13.6. The van der Waals surface area contributed by atoms with Crippen LogP contribution in [0.15, 0.2) is 18.2 Å². The molecular formula is C17H19BF3NO7. The van der Waals surface area contributed by atoms with Gasteiger partial charge in [-0.1, -0.05) is 12.1 Å². The molecule has 2 rings (SSSR count). The van der Waals surface area contributed by atoms with E-state index in [0.29, 0.717) is 5.56 Å². The quantitative estimate of drug-likeness (QED) is 0.393. The number of hydrogen-bond acceptors (Lipinski definition) is 7. The number of carbonyl (C=O) groups excluding carboxylic acids is 3. The molecule has 0 saturated heterocycles. The number of amides is 1. The van der Waals surface area contributed by atoms with Crippen LogP contribution in [0.5, 0.6) is 5.75 Å².